The lowest BCUT2D eigenvalue weighted by atomic mass is 10.1. The number of halogens is 1. The molecule has 0 radical (unpaired) electrons. The summed E-state index contributed by atoms with van der Waals surface area (Å²) < 4.78 is 0. The van der Waals surface area contributed by atoms with Crippen molar-refractivity contribution in [2.75, 3.05) is 5.32 Å². The molecule has 0 unspecified atom stereocenters. The lowest BCUT2D eigenvalue weighted by molar-refractivity contribution is -0.116. The largest absolute Gasteiger partial charge is 0.311 e. The fraction of sp³-hybridized carbons (Fsp3) is 0.200. The number of anilines is 1. The van der Waals surface area contributed by atoms with Crippen molar-refractivity contribution in [1.82, 2.24) is 4.98 Å². The van der Waals surface area contributed by atoms with Gasteiger partial charge >= 0.3 is 0 Å². The molecule has 0 atom stereocenters. The normalized spacial score (nSPS) is 10.2. The number of rotatable bonds is 4. The zero-order valence-corrected chi connectivity index (χ0v) is 11.4. The average Bonchev–Trinajstić information content (AvgIpc) is 2.41. The minimum Gasteiger partial charge on any atom is -0.311 e. The Morgan fingerprint density at radius 3 is 2.84 bits per heavy atom. The van der Waals surface area contributed by atoms with Crippen LogP contribution in [0.15, 0.2) is 42.6 Å². The van der Waals surface area contributed by atoms with Crippen LogP contribution >= 0.6 is 11.6 Å². The lowest BCUT2D eigenvalue weighted by Crippen LogP contribution is -2.13. The highest BCUT2D eigenvalue weighted by atomic mass is 35.5. The van der Waals surface area contributed by atoms with Gasteiger partial charge in [0.25, 0.3) is 0 Å². The second-order valence-electron chi connectivity index (χ2n) is 4.35. The number of amides is 1. The zero-order valence-electron chi connectivity index (χ0n) is 10.7. The molecule has 1 aromatic carbocycles. The standard InChI is InChI=1S/C15H15ClN2O/c1-11-5-6-12(10-13(11)16)7-8-15(19)18-14-4-2-3-9-17-14/h2-6,9-10H,7-8H2,1H3,(H,17,18,19). The van der Waals surface area contributed by atoms with E-state index in [9.17, 15) is 4.79 Å². The monoisotopic (exact) mass is 274 g/mol. The Morgan fingerprint density at radius 2 is 2.16 bits per heavy atom. The molecule has 1 heterocycles. The Hall–Kier alpha value is -1.87. The number of aromatic nitrogens is 1. The van der Waals surface area contributed by atoms with Crippen molar-refractivity contribution in [1.29, 1.82) is 0 Å². The Balaban J connectivity index is 1.88. The summed E-state index contributed by atoms with van der Waals surface area (Å²) in [5.41, 5.74) is 2.11. The minimum absolute atomic E-state index is 0.0459. The van der Waals surface area contributed by atoms with Gasteiger partial charge in [-0.25, -0.2) is 4.98 Å². The molecule has 3 nitrogen and oxygen atoms in total. The molecular weight excluding hydrogens is 260 g/mol. The van der Waals surface area contributed by atoms with Gasteiger partial charge in [-0.3, -0.25) is 4.79 Å². The van der Waals surface area contributed by atoms with Crippen molar-refractivity contribution < 1.29 is 4.79 Å². The number of aryl methyl sites for hydroxylation is 2. The Morgan fingerprint density at radius 1 is 1.32 bits per heavy atom. The first-order valence-electron chi connectivity index (χ1n) is 6.11. The van der Waals surface area contributed by atoms with Gasteiger partial charge < -0.3 is 5.32 Å². The molecule has 0 aliphatic heterocycles. The molecule has 2 aromatic rings. The fourth-order valence-corrected chi connectivity index (χ4v) is 1.89. The van der Waals surface area contributed by atoms with E-state index in [0.717, 1.165) is 16.1 Å². The summed E-state index contributed by atoms with van der Waals surface area (Å²) in [6.45, 7) is 1.96. The summed E-state index contributed by atoms with van der Waals surface area (Å²) in [6, 6.07) is 11.3. The van der Waals surface area contributed by atoms with Crippen molar-refractivity contribution in [3.05, 3.63) is 58.7 Å². The smallest absolute Gasteiger partial charge is 0.225 e. The van der Waals surface area contributed by atoms with E-state index in [-0.39, 0.29) is 5.91 Å². The van der Waals surface area contributed by atoms with E-state index >= 15 is 0 Å². The summed E-state index contributed by atoms with van der Waals surface area (Å²) >= 11 is 6.05. The molecule has 0 fully saturated rings. The maximum atomic E-state index is 11.8. The second kappa shape index (κ2) is 6.34. The molecule has 2 rings (SSSR count). The van der Waals surface area contributed by atoms with Crippen LogP contribution in [-0.2, 0) is 11.2 Å². The molecule has 1 amide bonds. The molecule has 0 saturated carbocycles. The van der Waals surface area contributed by atoms with Gasteiger partial charge in [0.15, 0.2) is 0 Å². The Labute approximate surface area is 117 Å². The summed E-state index contributed by atoms with van der Waals surface area (Å²) in [5.74, 6) is 0.532. The molecule has 0 spiro atoms. The predicted molar refractivity (Wildman–Crippen MR) is 77.4 cm³/mol. The van der Waals surface area contributed by atoms with Crippen LogP contribution in [0, 0.1) is 6.92 Å². The lowest BCUT2D eigenvalue weighted by Gasteiger charge is -2.05. The molecular formula is C15H15ClN2O. The first kappa shape index (κ1) is 13.6. The number of carbonyl (C=O) groups excluding carboxylic acids is 1. The van der Waals surface area contributed by atoms with Gasteiger partial charge in [0, 0.05) is 17.6 Å². The molecule has 0 aliphatic carbocycles. The molecule has 1 aromatic heterocycles. The Kier molecular flexibility index (Phi) is 4.53. The van der Waals surface area contributed by atoms with Gasteiger partial charge in [-0.1, -0.05) is 29.8 Å². The van der Waals surface area contributed by atoms with Gasteiger partial charge in [-0.15, -0.1) is 0 Å². The molecule has 0 aliphatic rings. The first-order valence-corrected chi connectivity index (χ1v) is 6.49. The minimum atomic E-state index is -0.0459. The SMILES string of the molecule is Cc1ccc(CCC(=O)Nc2ccccn2)cc1Cl. The summed E-state index contributed by atoms with van der Waals surface area (Å²) in [6.07, 6.45) is 2.73. The van der Waals surface area contributed by atoms with Gasteiger partial charge in [0.05, 0.1) is 0 Å². The number of benzene rings is 1. The number of hydrogen-bond acceptors (Lipinski definition) is 2. The maximum absolute atomic E-state index is 11.8. The predicted octanol–water partition coefficient (Wildman–Crippen LogP) is 3.61. The topological polar surface area (TPSA) is 42.0 Å². The second-order valence-corrected chi connectivity index (χ2v) is 4.75. The number of hydrogen-bond donors (Lipinski definition) is 1. The number of carbonyl (C=O) groups is 1. The van der Waals surface area contributed by atoms with Crippen LogP contribution in [0.25, 0.3) is 0 Å². The Bertz CT molecular complexity index is 570. The fourth-order valence-electron chi connectivity index (χ4n) is 1.69. The van der Waals surface area contributed by atoms with Crippen molar-refractivity contribution in [3.8, 4) is 0 Å². The zero-order chi connectivity index (χ0) is 13.7. The quantitative estimate of drug-likeness (QED) is 0.925. The summed E-state index contributed by atoms with van der Waals surface area (Å²) in [4.78, 5) is 15.8. The van der Waals surface area contributed by atoms with Crippen molar-refractivity contribution in [3.63, 3.8) is 0 Å². The van der Waals surface area contributed by atoms with Gasteiger partial charge in [-0.2, -0.15) is 0 Å². The molecule has 4 heteroatoms. The highest BCUT2D eigenvalue weighted by Crippen LogP contribution is 2.17. The third-order valence-electron chi connectivity index (χ3n) is 2.81. The van der Waals surface area contributed by atoms with Crippen LogP contribution in [0.1, 0.15) is 17.5 Å². The molecule has 1 N–H and O–H groups in total. The van der Waals surface area contributed by atoms with Crippen LogP contribution in [0.3, 0.4) is 0 Å². The van der Waals surface area contributed by atoms with Crippen LogP contribution in [0.5, 0.6) is 0 Å². The average molecular weight is 275 g/mol. The molecule has 0 saturated heterocycles. The van der Waals surface area contributed by atoms with Gasteiger partial charge in [-0.05, 0) is 42.7 Å². The highest BCUT2D eigenvalue weighted by Gasteiger charge is 2.04. The van der Waals surface area contributed by atoms with E-state index in [2.05, 4.69) is 10.3 Å². The number of nitrogens with one attached hydrogen (secondary N) is 1. The van der Waals surface area contributed by atoms with Crippen molar-refractivity contribution >= 4 is 23.3 Å². The molecule has 98 valence electrons. The van der Waals surface area contributed by atoms with Crippen LogP contribution in [-0.4, -0.2) is 10.9 Å². The molecule has 19 heavy (non-hydrogen) atoms. The van der Waals surface area contributed by atoms with E-state index in [1.54, 1.807) is 12.3 Å². The van der Waals surface area contributed by atoms with Crippen LogP contribution < -0.4 is 5.32 Å². The molecule has 0 bridgehead atoms. The maximum Gasteiger partial charge on any atom is 0.225 e. The third kappa shape index (κ3) is 4.07. The van der Waals surface area contributed by atoms with E-state index in [4.69, 9.17) is 11.6 Å². The van der Waals surface area contributed by atoms with Crippen molar-refractivity contribution in [2.24, 2.45) is 0 Å². The van der Waals surface area contributed by atoms with Gasteiger partial charge in [0.2, 0.25) is 5.91 Å². The summed E-state index contributed by atoms with van der Waals surface area (Å²) in [5, 5.41) is 3.49. The van der Waals surface area contributed by atoms with Crippen LogP contribution in [0.4, 0.5) is 5.82 Å². The third-order valence-corrected chi connectivity index (χ3v) is 3.22. The van der Waals surface area contributed by atoms with Crippen molar-refractivity contribution in [2.45, 2.75) is 19.8 Å². The summed E-state index contributed by atoms with van der Waals surface area (Å²) in [7, 11) is 0. The van der Waals surface area contributed by atoms with E-state index in [1.807, 2.05) is 37.3 Å². The van der Waals surface area contributed by atoms with E-state index < -0.39 is 0 Å². The van der Waals surface area contributed by atoms with E-state index in [1.165, 1.54) is 0 Å². The van der Waals surface area contributed by atoms with Crippen LogP contribution in [0.2, 0.25) is 5.02 Å². The number of pyridine rings is 1. The first-order chi connectivity index (χ1) is 9.15. The van der Waals surface area contributed by atoms with Gasteiger partial charge in [0.1, 0.15) is 5.82 Å². The number of nitrogens with zero attached hydrogens (tertiary/aromatic N) is 1. The van der Waals surface area contributed by atoms with E-state index in [0.29, 0.717) is 18.7 Å². The highest BCUT2D eigenvalue weighted by molar-refractivity contribution is 6.31.